The summed E-state index contributed by atoms with van der Waals surface area (Å²) in [5.74, 6) is -3.35. The number of phenolic OH excluding ortho intramolecular Hbond substituents is 1. The number of aromatic nitrogens is 1. The maximum Gasteiger partial charge on any atom is 0.277 e. The molecular weight excluding hydrogens is 442 g/mol. The number of hydrogen-bond acceptors (Lipinski definition) is 5. The fourth-order valence-corrected chi connectivity index (χ4v) is 3.22. The summed E-state index contributed by atoms with van der Waals surface area (Å²) in [6.45, 7) is 6.75. The first-order chi connectivity index (χ1) is 16.2. The molecule has 1 amide bonds. The van der Waals surface area contributed by atoms with Gasteiger partial charge in [-0.1, -0.05) is 18.2 Å². The van der Waals surface area contributed by atoms with Crippen LogP contribution in [0.2, 0.25) is 0 Å². The number of benzene rings is 2. The Kier molecular flexibility index (Phi) is 7.83. The molecule has 8 heteroatoms. The normalized spacial score (nSPS) is 11.1. The zero-order chi connectivity index (χ0) is 24.7. The number of amides is 1. The van der Waals surface area contributed by atoms with Gasteiger partial charge in [-0.05, 0) is 73.0 Å². The van der Waals surface area contributed by atoms with Gasteiger partial charge in [-0.15, -0.1) is 0 Å². The number of nitrogens with zero attached hydrogens (tertiary/aromatic N) is 1. The van der Waals surface area contributed by atoms with Crippen molar-refractivity contribution in [2.24, 2.45) is 0 Å². The standard InChI is InChI=1S/C26H26F2N2O4/c1-4-29-25(32)23-15-19(11-12-30-23)13-18-5-8-21(9-6-18)34-17(2)33-16-20-7-10-24(31)22(14-20)26(3,27)28/h5-12,14-15,31H,2,4,13,16H2,1,3H3,(H,29,32). The Morgan fingerprint density at radius 1 is 1.09 bits per heavy atom. The number of pyridine rings is 1. The minimum Gasteiger partial charge on any atom is -0.507 e. The van der Waals surface area contributed by atoms with Crippen molar-refractivity contribution in [3.8, 4) is 11.5 Å². The second kappa shape index (κ2) is 10.8. The van der Waals surface area contributed by atoms with E-state index in [9.17, 15) is 18.7 Å². The summed E-state index contributed by atoms with van der Waals surface area (Å²) in [5.41, 5.74) is 2.30. The van der Waals surface area contributed by atoms with Gasteiger partial charge in [0, 0.05) is 19.7 Å². The Bertz CT molecular complexity index is 1160. The maximum absolute atomic E-state index is 13.6. The van der Waals surface area contributed by atoms with E-state index in [0.29, 0.717) is 30.0 Å². The predicted molar refractivity (Wildman–Crippen MR) is 124 cm³/mol. The monoisotopic (exact) mass is 468 g/mol. The highest BCUT2D eigenvalue weighted by atomic mass is 19.3. The molecule has 3 aromatic rings. The molecular formula is C26H26F2N2O4. The molecule has 0 saturated heterocycles. The zero-order valence-electron chi connectivity index (χ0n) is 19.0. The van der Waals surface area contributed by atoms with Gasteiger partial charge in [0.1, 0.15) is 23.8 Å². The number of hydrogen-bond donors (Lipinski definition) is 2. The fourth-order valence-electron chi connectivity index (χ4n) is 3.22. The van der Waals surface area contributed by atoms with Crippen LogP contribution in [0, 0.1) is 0 Å². The van der Waals surface area contributed by atoms with Crippen LogP contribution in [0.15, 0.2) is 73.3 Å². The van der Waals surface area contributed by atoms with E-state index in [2.05, 4.69) is 16.9 Å². The first-order valence-corrected chi connectivity index (χ1v) is 10.7. The second-order valence-corrected chi connectivity index (χ2v) is 7.73. The number of rotatable bonds is 10. The van der Waals surface area contributed by atoms with Crippen LogP contribution in [0.4, 0.5) is 8.78 Å². The lowest BCUT2D eigenvalue weighted by atomic mass is 10.1. The molecule has 0 bridgehead atoms. The molecule has 0 aliphatic rings. The predicted octanol–water partition coefficient (Wildman–Crippen LogP) is 5.31. The quantitative estimate of drug-likeness (QED) is 0.395. The molecule has 0 aliphatic heterocycles. The number of halogens is 2. The van der Waals surface area contributed by atoms with E-state index in [4.69, 9.17) is 9.47 Å². The van der Waals surface area contributed by atoms with E-state index >= 15 is 0 Å². The molecule has 2 N–H and O–H groups in total. The molecule has 34 heavy (non-hydrogen) atoms. The summed E-state index contributed by atoms with van der Waals surface area (Å²) in [6, 6.07) is 14.8. The Hall–Kier alpha value is -3.94. The Morgan fingerprint density at radius 2 is 1.79 bits per heavy atom. The molecule has 0 aliphatic carbocycles. The highest BCUT2D eigenvalue weighted by Gasteiger charge is 2.28. The van der Waals surface area contributed by atoms with Crippen LogP contribution in [-0.2, 0) is 23.7 Å². The molecule has 0 saturated carbocycles. The lowest BCUT2D eigenvalue weighted by Crippen LogP contribution is -2.23. The third kappa shape index (κ3) is 6.78. The van der Waals surface area contributed by atoms with Crippen molar-refractivity contribution >= 4 is 5.91 Å². The van der Waals surface area contributed by atoms with Crippen molar-refractivity contribution in [3.05, 3.63) is 101 Å². The Balaban J connectivity index is 1.55. The van der Waals surface area contributed by atoms with E-state index in [1.807, 2.05) is 25.1 Å². The number of aromatic hydroxyl groups is 1. The highest BCUT2D eigenvalue weighted by molar-refractivity contribution is 5.92. The molecule has 0 unspecified atom stereocenters. The molecule has 178 valence electrons. The van der Waals surface area contributed by atoms with E-state index in [0.717, 1.165) is 18.1 Å². The molecule has 0 radical (unpaired) electrons. The van der Waals surface area contributed by atoms with Crippen molar-refractivity contribution in [1.29, 1.82) is 0 Å². The van der Waals surface area contributed by atoms with Gasteiger partial charge in [-0.3, -0.25) is 9.78 Å². The summed E-state index contributed by atoms with van der Waals surface area (Å²) in [6.07, 6.45) is 2.22. The van der Waals surface area contributed by atoms with E-state index in [1.165, 1.54) is 18.2 Å². The number of ether oxygens (including phenoxy) is 2. The van der Waals surface area contributed by atoms with E-state index in [1.54, 1.807) is 24.4 Å². The second-order valence-electron chi connectivity index (χ2n) is 7.73. The van der Waals surface area contributed by atoms with Crippen LogP contribution < -0.4 is 10.1 Å². The van der Waals surface area contributed by atoms with Gasteiger partial charge in [-0.2, -0.15) is 0 Å². The molecule has 0 fully saturated rings. The first kappa shape index (κ1) is 24.7. The molecule has 1 aromatic heterocycles. The van der Waals surface area contributed by atoms with Crippen LogP contribution in [0.25, 0.3) is 0 Å². The van der Waals surface area contributed by atoms with Crippen LogP contribution in [0.3, 0.4) is 0 Å². The Morgan fingerprint density at radius 3 is 2.47 bits per heavy atom. The van der Waals surface area contributed by atoms with Crippen LogP contribution in [0.1, 0.15) is 46.6 Å². The topological polar surface area (TPSA) is 80.7 Å². The zero-order valence-corrected chi connectivity index (χ0v) is 19.0. The molecule has 2 aromatic carbocycles. The summed E-state index contributed by atoms with van der Waals surface area (Å²) in [7, 11) is 0. The number of carbonyl (C=O) groups excluding carboxylic acids is 1. The minimum atomic E-state index is -3.17. The van der Waals surface area contributed by atoms with Gasteiger partial charge in [0.05, 0.1) is 5.56 Å². The molecule has 0 atom stereocenters. The first-order valence-electron chi connectivity index (χ1n) is 10.7. The molecule has 6 nitrogen and oxygen atoms in total. The largest absolute Gasteiger partial charge is 0.507 e. The van der Waals surface area contributed by atoms with Gasteiger partial charge in [0.2, 0.25) is 0 Å². The smallest absolute Gasteiger partial charge is 0.277 e. The molecule has 0 spiro atoms. The molecule has 3 rings (SSSR count). The molecule has 1 heterocycles. The average Bonchev–Trinajstić information content (AvgIpc) is 2.79. The van der Waals surface area contributed by atoms with Gasteiger partial charge in [-0.25, -0.2) is 8.78 Å². The van der Waals surface area contributed by atoms with Crippen molar-refractivity contribution in [2.75, 3.05) is 6.54 Å². The lowest BCUT2D eigenvalue weighted by molar-refractivity contribution is 0.0149. The summed E-state index contributed by atoms with van der Waals surface area (Å²) in [5, 5.41) is 12.4. The van der Waals surface area contributed by atoms with E-state index < -0.39 is 17.2 Å². The van der Waals surface area contributed by atoms with Crippen molar-refractivity contribution in [2.45, 2.75) is 32.8 Å². The van der Waals surface area contributed by atoms with Crippen molar-refractivity contribution in [3.63, 3.8) is 0 Å². The average molecular weight is 469 g/mol. The van der Waals surface area contributed by atoms with Crippen molar-refractivity contribution in [1.82, 2.24) is 10.3 Å². The van der Waals surface area contributed by atoms with Crippen molar-refractivity contribution < 1.29 is 28.2 Å². The number of alkyl halides is 2. The van der Waals surface area contributed by atoms with Gasteiger partial charge < -0.3 is 19.9 Å². The van der Waals surface area contributed by atoms with Crippen LogP contribution >= 0.6 is 0 Å². The highest BCUT2D eigenvalue weighted by Crippen LogP contribution is 2.34. The summed E-state index contributed by atoms with van der Waals surface area (Å²) >= 11 is 0. The number of phenols is 1. The minimum absolute atomic E-state index is 0.00588. The van der Waals surface area contributed by atoms with Crippen LogP contribution in [0.5, 0.6) is 11.5 Å². The Labute approximate surface area is 196 Å². The van der Waals surface area contributed by atoms with Gasteiger partial charge in [0.15, 0.2) is 0 Å². The lowest BCUT2D eigenvalue weighted by Gasteiger charge is -2.15. The summed E-state index contributed by atoms with van der Waals surface area (Å²) < 4.78 is 38.1. The number of nitrogens with one attached hydrogen (secondary N) is 1. The SMILES string of the molecule is C=C(OCc1ccc(O)c(C(C)(F)F)c1)Oc1ccc(Cc2ccnc(C(=O)NCC)c2)cc1. The third-order valence-corrected chi connectivity index (χ3v) is 4.89. The fraction of sp³-hybridized carbons (Fsp3) is 0.231. The third-order valence-electron chi connectivity index (χ3n) is 4.89. The maximum atomic E-state index is 13.6. The summed E-state index contributed by atoms with van der Waals surface area (Å²) in [4.78, 5) is 16.1. The van der Waals surface area contributed by atoms with Gasteiger partial charge >= 0.3 is 0 Å². The van der Waals surface area contributed by atoms with Gasteiger partial charge in [0.25, 0.3) is 17.8 Å². The van der Waals surface area contributed by atoms with E-state index in [-0.39, 0.29) is 18.5 Å². The van der Waals surface area contributed by atoms with Crippen LogP contribution in [-0.4, -0.2) is 22.5 Å². The number of carbonyl (C=O) groups is 1.